The van der Waals surface area contributed by atoms with Gasteiger partial charge in [-0.05, 0) is 42.8 Å². The van der Waals surface area contributed by atoms with Crippen molar-refractivity contribution >= 4 is 28.7 Å². The van der Waals surface area contributed by atoms with Crippen molar-refractivity contribution in [2.24, 2.45) is 0 Å². The minimum absolute atomic E-state index is 0.125. The van der Waals surface area contributed by atoms with Gasteiger partial charge in [0, 0.05) is 31.9 Å². The van der Waals surface area contributed by atoms with Crippen molar-refractivity contribution in [1.82, 2.24) is 14.9 Å². The molecule has 1 aromatic heterocycles. The van der Waals surface area contributed by atoms with Crippen LogP contribution in [0, 0.1) is 6.92 Å². The molecule has 0 atom stereocenters. The molecule has 1 saturated heterocycles. The summed E-state index contributed by atoms with van der Waals surface area (Å²) < 4.78 is 38.5. The summed E-state index contributed by atoms with van der Waals surface area (Å²) in [5.41, 5.74) is 2.32. The monoisotopic (exact) mass is 403 g/mol. The summed E-state index contributed by atoms with van der Waals surface area (Å²) in [7, 11) is 0. The molecule has 4 rings (SSSR count). The number of aryl methyl sites for hydroxylation is 1. The largest absolute Gasteiger partial charge is 0.416 e. The van der Waals surface area contributed by atoms with Crippen LogP contribution >= 0.6 is 0 Å². The van der Waals surface area contributed by atoms with Crippen molar-refractivity contribution in [3.8, 4) is 0 Å². The summed E-state index contributed by atoms with van der Waals surface area (Å²) in [6, 6.07) is 10.2. The maximum absolute atomic E-state index is 12.8. The molecular weight excluding hydrogens is 383 g/mol. The number of alkyl halides is 3. The van der Waals surface area contributed by atoms with E-state index in [0.717, 1.165) is 34.7 Å². The van der Waals surface area contributed by atoms with Crippen LogP contribution in [-0.2, 0) is 6.18 Å². The Bertz CT molecular complexity index is 1040. The number of halogens is 3. The van der Waals surface area contributed by atoms with E-state index in [1.165, 1.54) is 12.1 Å². The average molecular weight is 403 g/mol. The van der Waals surface area contributed by atoms with Gasteiger partial charge in [0.1, 0.15) is 0 Å². The lowest BCUT2D eigenvalue weighted by Gasteiger charge is -2.34. The van der Waals surface area contributed by atoms with E-state index in [1.54, 1.807) is 4.90 Å². The lowest BCUT2D eigenvalue weighted by Crippen LogP contribution is -2.50. The SMILES string of the molecule is Cc1ccc2nc(N3CCN(C(=O)Nc4cccc(C(F)(F)F)c4)CC3)[nH]c2c1. The van der Waals surface area contributed by atoms with Gasteiger partial charge in [-0.15, -0.1) is 0 Å². The Morgan fingerprint density at radius 1 is 1.10 bits per heavy atom. The molecule has 9 heteroatoms. The maximum atomic E-state index is 12.8. The standard InChI is InChI=1S/C20H20F3N5O/c1-13-5-6-16-17(11-13)26-18(25-16)27-7-9-28(10-8-27)19(29)24-15-4-2-3-14(12-15)20(21,22)23/h2-6,11-12H,7-10H2,1H3,(H,24,29)(H,25,26). The van der Waals surface area contributed by atoms with Crippen LogP contribution in [0.15, 0.2) is 42.5 Å². The summed E-state index contributed by atoms with van der Waals surface area (Å²) in [6.45, 7) is 4.06. The third-order valence-corrected chi connectivity index (χ3v) is 4.93. The van der Waals surface area contributed by atoms with Crippen LogP contribution < -0.4 is 10.2 Å². The van der Waals surface area contributed by atoms with Gasteiger partial charge in [-0.2, -0.15) is 13.2 Å². The minimum Gasteiger partial charge on any atom is -0.339 e. The van der Waals surface area contributed by atoms with Crippen molar-refractivity contribution < 1.29 is 18.0 Å². The number of nitrogens with one attached hydrogen (secondary N) is 2. The summed E-state index contributed by atoms with van der Waals surface area (Å²) in [5, 5.41) is 2.55. The Balaban J connectivity index is 1.38. The molecule has 3 aromatic rings. The number of piperazine rings is 1. The van der Waals surface area contributed by atoms with Crippen LogP contribution in [0.25, 0.3) is 11.0 Å². The molecule has 1 fully saturated rings. The van der Waals surface area contributed by atoms with Crippen LogP contribution in [0.5, 0.6) is 0 Å². The smallest absolute Gasteiger partial charge is 0.339 e. The highest BCUT2D eigenvalue weighted by Gasteiger charge is 2.31. The second kappa shape index (κ2) is 7.31. The van der Waals surface area contributed by atoms with E-state index in [2.05, 4.69) is 20.2 Å². The molecule has 2 N–H and O–H groups in total. The number of carbonyl (C=O) groups is 1. The van der Waals surface area contributed by atoms with Gasteiger partial charge in [0.05, 0.1) is 16.6 Å². The van der Waals surface area contributed by atoms with Gasteiger partial charge in [0.15, 0.2) is 0 Å². The summed E-state index contributed by atoms with van der Waals surface area (Å²) in [5.74, 6) is 0.753. The number of H-pyrrole nitrogens is 1. The van der Waals surface area contributed by atoms with E-state index in [4.69, 9.17) is 0 Å². The Kier molecular flexibility index (Phi) is 4.81. The fourth-order valence-electron chi connectivity index (χ4n) is 3.36. The molecule has 0 unspecified atom stereocenters. The molecular formula is C20H20F3N5O. The number of hydrogen-bond donors (Lipinski definition) is 2. The van der Waals surface area contributed by atoms with E-state index >= 15 is 0 Å². The Hall–Kier alpha value is -3.23. The van der Waals surface area contributed by atoms with Gasteiger partial charge in [-0.25, -0.2) is 9.78 Å². The van der Waals surface area contributed by atoms with Gasteiger partial charge in [0.25, 0.3) is 0 Å². The summed E-state index contributed by atoms with van der Waals surface area (Å²) in [6.07, 6.45) is -4.45. The maximum Gasteiger partial charge on any atom is 0.416 e. The molecule has 0 spiro atoms. The molecule has 0 radical (unpaired) electrons. The number of nitrogens with zero attached hydrogens (tertiary/aromatic N) is 3. The Morgan fingerprint density at radius 3 is 2.59 bits per heavy atom. The van der Waals surface area contributed by atoms with E-state index in [9.17, 15) is 18.0 Å². The summed E-state index contributed by atoms with van der Waals surface area (Å²) in [4.78, 5) is 24.0. The number of fused-ring (bicyclic) bond motifs is 1. The quantitative estimate of drug-likeness (QED) is 0.673. The highest BCUT2D eigenvalue weighted by atomic mass is 19.4. The van der Waals surface area contributed by atoms with Crippen molar-refractivity contribution in [1.29, 1.82) is 0 Å². The first-order valence-corrected chi connectivity index (χ1v) is 9.24. The van der Waals surface area contributed by atoms with Gasteiger partial charge < -0.3 is 20.1 Å². The number of amides is 2. The van der Waals surface area contributed by atoms with Crippen LogP contribution in [0.4, 0.5) is 29.6 Å². The second-order valence-corrected chi connectivity index (χ2v) is 7.06. The fraction of sp³-hybridized carbons (Fsp3) is 0.300. The molecule has 0 aliphatic carbocycles. The molecule has 152 valence electrons. The number of urea groups is 1. The number of imidazole rings is 1. The molecule has 29 heavy (non-hydrogen) atoms. The van der Waals surface area contributed by atoms with Gasteiger partial charge in [-0.1, -0.05) is 12.1 Å². The first-order chi connectivity index (χ1) is 13.8. The Morgan fingerprint density at radius 2 is 1.86 bits per heavy atom. The lowest BCUT2D eigenvalue weighted by molar-refractivity contribution is -0.137. The zero-order valence-corrected chi connectivity index (χ0v) is 15.8. The van der Waals surface area contributed by atoms with Crippen molar-refractivity contribution in [2.75, 3.05) is 36.4 Å². The predicted octanol–water partition coefficient (Wildman–Crippen LogP) is 4.24. The second-order valence-electron chi connectivity index (χ2n) is 7.06. The lowest BCUT2D eigenvalue weighted by atomic mass is 10.2. The van der Waals surface area contributed by atoms with Gasteiger partial charge in [0.2, 0.25) is 5.95 Å². The fourth-order valence-corrected chi connectivity index (χ4v) is 3.36. The van der Waals surface area contributed by atoms with E-state index in [1.807, 2.05) is 25.1 Å². The molecule has 2 heterocycles. The zero-order valence-electron chi connectivity index (χ0n) is 15.8. The van der Waals surface area contributed by atoms with Crippen molar-refractivity contribution in [3.63, 3.8) is 0 Å². The van der Waals surface area contributed by atoms with E-state index in [-0.39, 0.29) is 5.69 Å². The molecule has 2 amide bonds. The van der Waals surface area contributed by atoms with Crippen molar-refractivity contribution in [3.05, 3.63) is 53.6 Å². The van der Waals surface area contributed by atoms with E-state index in [0.29, 0.717) is 26.2 Å². The number of rotatable bonds is 2. The number of aromatic nitrogens is 2. The topological polar surface area (TPSA) is 64.3 Å². The van der Waals surface area contributed by atoms with Crippen LogP contribution in [0.2, 0.25) is 0 Å². The van der Waals surface area contributed by atoms with Crippen LogP contribution in [-0.4, -0.2) is 47.1 Å². The molecule has 0 bridgehead atoms. The van der Waals surface area contributed by atoms with Gasteiger partial charge >= 0.3 is 12.2 Å². The average Bonchev–Trinajstić information content (AvgIpc) is 3.11. The number of carbonyl (C=O) groups excluding carboxylic acids is 1. The molecule has 1 aliphatic heterocycles. The van der Waals surface area contributed by atoms with Crippen LogP contribution in [0.3, 0.4) is 0 Å². The third-order valence-electron chi connectivity index (χ3n) is 4.93. The highest BCUT2D eigenvalue weighted by molar-refractivity contribution is 5.89. The Labute approximate surface area is 165 Å². The highest BCUT2D eigenvalue weighted by Crippen LogP contribution is 2.30. The molecule has 6 nitrogen and oxygen atoms in total. The molecule has 2 aromatic carbocycles. The van der Waals surface area contributed by atoms with E-state index < -0.39 is 17.8 Å². The van der Waals surface area contributed by atoms with Crippen molar-refractivity contribution in [2.45, 2.75) is 13.1 Å². The molecule has 0 saturated carbocycles. The first-order valence-electron chi connectivity index (χ1n) is 9.24. The number of hydrogen-bond acceptors (Lipinski definition) is 3. The number of benzene rings is 2. The normalized spacial score (nSPS) is 15.0. The third kappa shape index (κ3) is 4.13. The first kappa shape index (κ1) is 19.1. The number of aromatic amines is 1. The minimum atomic E-state index is -4.45. The summed E-state index contributed by atoms with van der Waals surface area (Å²) >= 11 is 0. The zero-order chi connectivity index (χ0) is 20.6. The molecule has 1 aliphatic rings. The van der Waals surface area contributed by atoms with Crippen LogP contribution in [0.1, 0.15) is 11.1 Å². The number of anilines is 2. The predicted molar refractivity (Wildman–Crippen MR) is 105 cm³/mol. The van der Waals surface area contributed by atoms with Gasteiger partial charge in [-0.3, -0.25) is 0 Å².